The molecule has 25 heavy (non-hydrogen) atoms. The average Bonchev–Trinajstić information content (AvgIpc) is 2.67. The van der Waals surface area contributed by atoms with Crippen LogP contribution in [0.5, 0.6) is 0 Å². The Labute approximate surface area is 144 Å². The molecule has 0 aliphatic heterocycles. The molecule has 2 aromatic heterocycles. The third kappa shape index (κ3) is 4.47. The fraction of sp³-hybridized carbons (Fsp3) is 0.118. The van der Waals surface area contributed by atoms with Crippen LogP contribution in [0.3, 0.4) is 0 Å². The molecule has 3 aromatic rings. The zero-order valence-corrected chi connectivity index (χ0v) is 13.5. The Bertz CT molecular complexity index is 857. The molecule has 0 atom stereocenters. The number of anilines is 3. The highest BCUT2D eigenvalue weighted by molar-refractivity contribution is 5.90. The lowest BCUT2D eigenvalue weighted by molar-refractivity contribution is 0.0601. The van der Waals surface area contributed by atoms with Gasteiger partial charge in [0.05, 0.1) is 31.1 Å². The van der Waals surface area contributed by atoms with Crippen LogP contribution in [0.4, 0.5) is 17.5 Å². The molecule has 0 saturated heterocycles. The number of hydrogen-bond acceptors (Lipinski definition) is 8. The largest absolute Gasteiger partial charge is 0.465 e. The zero-order valence-electron chi connectivity index (χ0n) is 13.5. The molecule has 2 N–H and O–H groups in total. The normalized spacial score (nSPS) is 10.1. The SMILES string of the molecule is COC(=O)c1cccc(Nc2nncc(NCc3ccccn3)n2)c1. The predicted octanol–water partition coefficient (Wildman–Crippen LogP) is 2.41. The van der Waals surface area contributed by atoms with Gasteiger partial charge in [0, 0.05) is 11.9 Å². The standard InChI is InChI=1S/C17H16N6O2/c1-25-16(24)12-5-4-7-13(9-12)21-17-22-15(11-20-23-17)19-10-14-6-2-3-8-18-14/h2-9,11H,10H2,1H3,(H2,19,21,22,23). The van der Waals surface area contributed by atoms with Crippen LogP contribution < -0.4 is 10.6 Å². The minimum Gasteiger partial charge on any atom is -0.465 e. The summed E-state index contributed by atoms with van der Waals surface area (Å²) in [5.74, 6) is 0.466. The highest BCUT2D eigenvalue weighted by Gasteiger charge is 2.07. The number of benzene rings is 1. The maximum atomic E-state index is 11.6. The molecule has 0 aliphatic carbocycles. The van der Waals surface area contributed by atoms with Crippen LogP contribution in [0.1, 0.15) is 16.1 Å². The molecule has 126 valence electrons. The molecule has 0 fully saturated rings. The van der Waals surface area contributed by atoms with Gasteiger partial charge in [-0.25, -0.2) is 4.79 Å². The van der Waals surface area contributed by atoms with Gasteiger partial charge < -0.3 is 15.4 Å². The summed E-state index contributed by atoms with van der Waals surface area (Å²) in [5, 5.41) is 14.0. The fourth-order valence-corrected chi connectivity index (χ4v) is 2.10. The van der Waals surface area contributed by atoms with E-state index in [1.54, 1.807) is 30.5 Å². The second-order valence-electron chi connectivity index (χ2n) is 5.04. The summed E-state index contributed by atoms with van der Waals surface area (Å²) in [5.41, 5.74) is 1.98. The van der Waals surface area contributed by atoms with Crippen molar-refractivity contribution >= 4 is 23.4 Å². The van der Waals surface area contributed by atoms with E-state index in [0.717, 1.165) is 5.69 Å². The summed E-state index contributed by atoms with van der Waals surface area (Å²) >= 11 is 0. The van der Waals surface area contributed by atoms with Crippen molar-refractivity contribution in [1.29, 1.82) is 0 Å². The van der Waals surface area contributed by atoms with Gasteiger partial charge in [-0.2, -0.15) is 10.1 Å². The molecule has 0 aliphatic rings. The number of nitrogens with zero attached hydrogens (tertiary/aromatic N) is 4. The number of carbonyl (C=O) groups is 1. The third-order valence-corrected chi connectivity index (χ3v) is 3.28. The fourth-order valence-electron chi connectivity index (χ4n) is 2.10. The van der Waals surface area contributed by atoms with Gasteiger partial charge in [0.15, 0.2) is 5.82 Å². The van der Waals surface area contributed by atoms with Crippen molar-refractivity contribution in [3.05, 3.63) is 66.1 Å². The van der Waals surface area contributed by atoms with Gasteiger partial charge in [0.25, 0.3) is 0 Å². The summed E-state index contributed by atoms with van der Waals surface area (Å²) in [7, 11) is 1.34. The van der Waals surface area contributed by atoms with Gasteiger partial charge in [-0.05, 0) is 30.3 Å². The zero-order chi connectivity index (χ0) is 17.5. The number of aromatic nitrogens is 4. The van der Waals surface area contributed by atoms with Crippen LogP contribution >= 0.6 is 0 Å². The molecule has 8 nitrogen and oxygen atoms in total. The van der Waals surface area contributed by atoms with Crippen LogP contribution in [0.25, 0.3) is 0 Å². The first-order valence-electron chi connectivity index (χ1n) is 7.53. The summed E-state index contributed by atoms with van der Waals surface area (Å²) in [6, 6.07) is 12.6. The number of esters is 1. The van der Waals surface area contributed by atoms with Crippen LogP contribution in [0.15, 0.2) is 54.9 Å². The second-order valence-corrected chi connectivity index (χ2v) is 5.04. The average molecular weight is 336 g/mol. The Morgan fingerprint density at radius 1 is 1.20 bits per heavy atom. The van der Waals surface area contributed by atoms with Crippen molar-refractivity contribution in [3.63, 3.8) is 0 Å². The first-order chi connectivity index (χ1) is 12.2. The van der Waals surface area contributed by atoms with Crippen LogP contribution in [0.2, 0.25) is 0 Å². The molecule has 1 aromatic carbocycles. The highest BCUT2D eigenvalue weighted by atomic mass is 16.5. The van der Waals surface area contributed by atoms with Crippen molar-refractivity contribution in [2.45, 2.75) is 6.54 Å². The first-order valence-corrected chi connectivity index (χ1v) is 7.53. The van der Waals surface area contributed by atoms with Gasteiger partial charge in [-0.1, -0.05) is 12.1 Å². The van der Waals surface area contributed by atoms with E-state index < -0.39 is 5.97 Å². The molecule has 0 unspecified atom stereocenters. The molecule has 0 amide bonds. The van der Waals surface area contributed by atoms with Crippen LogP contribution in [0, 0.1) is 0 Å². The lowest BCUT2D eigenvalue weighted by Gasteiger charge is -2.08. The first kappa shape index (κ1) is 16.3. The Hall–Kier alpha value is -3.55. The van der Waals surface area contributed by atoms with Gasteiger partial charge in [0.2, 0.25) is 5.95 Å². The Morgan fingerprint density at radius 3 is 2.92 bits per heavy atom. The summed E-state index contributed by atoms with van der Waals surface area (Å²) in [6.45, 7) is 0.525. The summed E-state index contributed by atoms with van der Waals surface area (Å²) in [4.78, 5) is 20.2. The molecule has 0 spiro atoms. The van der Waals surface area contributed by atoms with Crippen molar-refractivity contribution < 1.29 is 9.53 Å². The maximum Gasteiger partial charge on any atom is 0.337 e. The van der Waals surface area contributed by atoms with E-state index in [1.807, 2.05) is 18.2 Å². The Balaban J connectivity index is 1.68. The molecule has 0 radical (unpaired) electrons. The quantitative estimate of drug-likeness (QED) is 0.662. The molecular formula is C17H16N6O2. The van der Waals surface area contributed by atoms with E-state index in [-0.39, 0.29) is 0 Å². The van der Waals surface area contributed by atoms with Gasteiger partial charge in [0.1, 0.15) is 0 Å². The van der Waals surface area contributed by atoms with Crippen molar-refractivity contribution in [2.75, 3.05) is 17.7 Å². The number of methoxy groups -OCH3 is 1. The van der Waals surface area contributed by atoms with Crippen LogP contribution in [-0.2, 0) is 11.3 Å². The van der Waals surface area contributed by atoms with Crippen molar-refractivity contribution in [2.24, 2.45) is 0 Å². The molecule has 2 heterocycles. The van der Waals surface area contributed by atoms with E-state index in [2.05, 4.69) is 30.8 Å². The van der Waals surface area contributed by atoms with E-state index in [4.69, 9.17) is 4.74 Å². The number of carbonyl (C=O) groups excluding carboxylic acids is 1. The number of ether oxygens (including phenoxy) is 1. The topological polar surface area (TPSA) is 102 Å². The molecule has 8 heteroatoms. The summed E-state index contributed by atoms with van der Waals surface area (Å²) in [6.07, 6.45) is 3.26. The smallest absolute Gasteiger partial charge is 0.337 e. The van der Waals surface area contributed by atoms with Crippen molar-refractivity contribution in [1.82, 2.24) is 20.2 Å². The highest BCUT2D eigenvalue weighted by Crippen LogP contribution is 2.16. The van der Waals surface area contributed by atoms with Crippen LogP contribution in [-0.4, -0.2) is 33.2 Å². The lowest BCUT2D eigenvalue weighted by Crippen LogP contribution is -2.07. The lowest BCUT2D eigenvalue weighted by atomic mass is 10.2. The van der Waals surface area contributed by atoms with E-state index in [0.29, 0.717) is 29.6 Å². The Morgan fingerprint density at radius 2 is 2.12 bits per heavy atom. The van der Waals surface area contributed by atoms with Gasteiger partial charge in [-0.3, -0.25) is 4.98 Å². The van der Waals surface area contributed by atoms with E-state index >= 15 is 0 Å². The summed E-state index contributed by atoms with van der Waals surface area (Å²) < 4.78 is 4.71. The third-order valence-electron chi connectivity index (χ3n) is 3.28. The van der Waals surface area contributed by atoms with E-state index in [1.165, 1.54) is 13.3 Å². The maximum absolute atomic E-state index is 11.6. The van der Waals surface area contributed by atoms with E-state index in [9.17, 15) is 4.79 Å². The molecule has 3 rings (SSSR count). The van der Waals surface area contributed by atoms with Crippen molar-refractivity contribution in [3.8, 4) is 0 Å². The predicted molar refractivity (Wildman–Crippen MR) is 92.5 cm³/mol. The second kappa shape index (κ2) is 7.82. The van der Waals surface area contributed by atoms with Gasteiger partial charge >= 0.3 is 5.97 Å². The molecule has 0 bridgehead atoms. The Kier molecular flexibility index (Phi) is 5.10. The molecular weight excluding hydrogens is 320 g/mol. The number of rotatable bonds is 6. The minimum atomic E-state index is -0.409. The number of nitrogens with one attached hydrogen (secondary N) is 2. The molecule has 0 saturated carbocycles. The monoisotopic (exact) mass is 336 g/mol. The minimum absolute atomic E-state index is 0.313. The van der Waals surface area contributed by atoms with Gasteiger partial charge in [-0.15, -0.1) is 5.10 Å². The number of pyridine rings is 1. The number of hydrogen-bond donors (Lipinski definition) is 2.